The summed E-state index contributed by atoms with van der Waals surface area (Å²) in [7, 11) is 0. The Kier molecular flexibility index (Phi) is 4.86. The summed E-state index contributed by atoms with van der Waals surface area (Å²) in [5, 5.41) is 15.5. The first-order valence-electron chi connectivity index (χ1n) is 7.22. The number of hydrazone groups is 1. The van der Waals surface area contributed by atoms with Crippen LogP contribution in [0.25, 0.3) is 0 Å². The number of hydrogen-bond acceptors (Lipinski definition) is 6. The van der Waals surface area contributed by atoms with Crippen LogP contribution >= 0.6 is 15.9 Å². The molecule has 1 atom stereocenters. The maximum absolute atomic E-state index is 15.2. The lowest BCUT2D eigenvalue weighted by atomic mass is 9.84. The van der Waals surface area contributed by atoms with Gasteiger partial charge in [-0.1, -0.05) is 0 Å². The van der Waals surface area contributed by atoms with E-state index in [1.54, 1.807) is 0 Å². The van der Waals surface area contributed by atoms with Crippen LogP contribution in [0.4, 0.5) is 17.6 Å². The molecule has 0 radical (unpaired) electrons. The van der Waals surface area contributed by atoms with Crippen LogP contribution in [-0.2, 0) is 11.5 Å². The molecule has 0 unspecified atom stereocenters. The quantitative estimate of drug-likeness (QED) is 0.631. The van der Waals surface area contributed by atoms with E-state index in [4.69, 9.17) is 0 Å². The minimum atomic E-state index is -4.02. The van der Waals surface area contributed by atoms with E-state index in [0.29, 0.717) is 10.5 Å². The number of rotatable bonds is 5. The van der Waals surface area contributed by atoms with Gasteiger partial charge in [-0.2, -0.15) is 13.9 Å². The number of hydrogen-bond donors (Lipinski definition) is 3. The zero-order valence-electron chi connectivity index (χ0n) is 12.9. The normalized spacial score (nSPS) is 16.5. The van der Waals surface area contributed by atoms with E-state index in [1.165, 1.54) is 6.07 Å². The molecule has 0 bridgehead atoms. The van der Waals surface area contributed by atoms with Gasteiger partial charge in [0, 0.05) is 22.3 Å². The first kappa shape index (κ1) is 18.5. The molecular formula is C15H12BrF4N5O. The molecule has 6 nitrogen and oxygen atoms in total. The number of aromatic nitrogens is 1. The molecule has 0 fully saturated rings. The summed E-state index contributed by atoms with van der Waals surface area (Å²) >= 11 is 3.08. The average Bonchev–Trinajstić information content (AvgIpc) is 3.07. The predicted molar refractivity (Wildman–Crippen MR) is 87.6 cm³/mol. The largest absolute Gasteiger partial charge is 0.377 e. The van der Waals surface area contributed by atoms with Crippen molar-refractivity contribution in [1.82, 2.24) is 21.1 Å². The molecule has 0 saturated heterocycles. The molecule has 26 heavy (non-hydrogen) atoms. The van der Waals surface area contributed by atoms with E-state index in [0.717, 1.165) is 35.7 Å². The molecule has 11 heteroatoms. The van der Waals surface area contributed by atoms with Crippen molar-refractivity contribution >= 4 is 22.3 Å². The molecule has 1 aliphatic rings. The Morgan fingerprint density at radius 1 is 1.19 bits per heavy atom. The van der Waals surface area contributed by atoms with Crippen LogP contribution < -0.4 is 11.1 Å². The number of halogens is 5. The van der Waals surface area contributed by atoms with Crippen LogP contribution in [0.15, 0.2) is 46.1 Å². The lowest BCUT2D eigenvalue weighted by molar-refractivity contribution is -0.206. The van der Waals surface area contributed by atoms with Crippen molar-refractivity contribution in [1.29, 1.82) is 0 Å². The Morgan fingerprint density at radius 3 is 2.54 bits per heavy atom. The summed E-state index contributed by atoms with van der Waals surface area (Å²) in [6, 6.07) is 4.31. The second-order valence-corrected chi connectivity index (χ2v) is 6.43. The Bertz CT molecular complexity index is 835. The molecule has 3 rings (SSSR count). The molecule has 1 aliphatic heterocycles. The van der Waals surface area contributed by atoms with Crippen LogP contribution in [-0.4, -0.2) is 28.0 Å². The van der Waals surface area contributed by atoms with Crippen LogP contribution in [0.3, 0.4) is 0 Å². The van der Waals surface area contributed by atoms with Gasteiger partial charge in [0.1, 0.15) is 23.7 Å². The topological polar surface area (TPSA) is 72.8 Å². The maximum Gasteiger partial charge on any atom is 0.323 e. The highest BCUT2D eigenvalue weighted by molar-refractivity contribution is 9.10. The van der Waals surface area contributed by atoms with E-state index in [2.05, 4.69) is 37.1 Å². The monoisotopic (exact) mass is 433 g/mol. The predicted octanol–water partition coefficient (Wildman–Crippen LogP) is 2.37. The number of nitrogens with one attached hydrogen (secondary N) is 2. The van der Waals surface area contributed by atoms with Gasteiger partial charge in [-0.25, -0.2) is 14.3 Å². The number of β-amino-alcohol motifs (C(OH)–C–C–N with tert-alkyl or cyclic N) is 1. The highest BCUT2D eigenvalue weighted by atomic mass is 79.9. The molecule has 3 N–H and O–H groups in total. The fourth-order valence-corrected chi connectivity index (χ4v) is 2.73. The Morgan fingerprint density at radius 2 is 1.96 bits per heavy atom. The van der Waals surface area contributed by atoms with Crippen LogP contribution in [0.2, 0.25) is 0 Å². The third kappa shape index (κ3) is 3.24. The fraction of sp³-hybridized carbons (Fsp3) is 0.200. The van der Waals surface area contributed by atoms with E-state index in [1.807, 2.05) is 0 Å². The molecule has 2 aromatic rings. The maximum atomic E-state index is 15.2. The van der Waals surface area contributed by atoms with E-state index in [9.17, 15) is 13.9 Å². The fourth-order valence-electron chi connectivity index (χ4n) is 2.50. The first-order valence-corrected chi connectivity index (χ1v) is 8.01. The van der Waals surface area contributed by atoms with Crippen LogP contribution in [0.1, 0.15) is 11.3 Å². The average molecular weight is 434 g/mol. The van der Waals surface area contributed by atoms with Crippen molar-refractivity contribution in [2.24, 2.45) is 5.10 Å². The van der Waals surface area contributed by atoms with Gasteiger partial charge < -0.3 is 5.11 Å². The van der Waals surface area contributed by atoms with Gasteiger partial charge in [-0.05, 0) is 40.2 Å². The standard InChI is InChI=1S/C15H12BrF4N5O/c16-9-1-4-13(21-6-9)15(19,20)14(26,7-25-8-22-23-24-25)11-3-2-10(17)5-12(11)18/h1-6,8,23-24,26H,7H2/t14-/m0/s1. The molecule has 0 amide bonds. The highest BCUT2D eigenvalue weighted by Gasteiger charge is 2.58. The molecule has 1 aromatic heterocycles. The molecule has 0 saturated carbocycles. The highest BCUT2D eigenvalue weighted by Crippen LogP contribution is 2.46. The van der Waals surface area contributed by atoms with Crippen LogP contribution in [0.5, 0.6) is 0 Å². The summed E-state index contributed by atoms with van der Waals surface area (Å²) in [6.45, 7) is -0.809. The number of benzene rings is 1. The van der Waals surface area contributed by atoms with Crippen molar-refractivity contribution in [3.05, 3.63) is 63.9 Å². The number of hydrazine groups is 2. The van der Waals surface area contributed by atoms with Gasteiger partial charge >= 0.3 is 5.92 Å². The third-order valence-corrected chi connectivity index (χ3v) is 4.27. The van der Waals surface area contributed by atoms with Gasteiger partial charge in [0.2, 0.25) is 0 Å². The number of aliphatic hydroxyl groups is 1. The van der Waals surface area contributed by atoms with E-state index in [-0.39, 0.29) is 0 Å². The second kappa shape index (κ2) is 6.82. The minimum Gasteiger partial charge on any atom is -0.377 e. The molecule has 138 valence electrons. The Balaban J connectivity index is 2.12. The Labute approximate surface area is 153 Å². The SMILES string of the molecule is O[C@@](CN1C=NNN1)(c1ccc(F)cc1F)C(F)(F)c1ccc(Br)cn1. The van der Waals surface area contributed by atoms with Gasteiger partial charge in [0.25, 0.3) is 0 Å². The summed E-state index contributed by atoms with van der Waals surface area (Å²) < 4.78 is 58.5. The molecule has 0 aliphatic carbocycles. The van der Waals surface area contributed by atoms with Gasteiger partial charge in [0.15, 0.2) is 5.60 Å². The van der Waals surface area contributed by atoms with Gasteiger partial charge in [-0.15, -0.1) is 5.53 Å². The Hall–Kier alpha value is -2.24. The van der Waals surface area contributed by atoms with Crippen LogP contribution in [0, 0.1) is 11.6 Å². The molecular weight excluding hydrogens is 422 g/mol. The summed E-state index contributed by atoms with van der Waals surface area (Å²) in [6.07, 6.45) is 2.22. The van der Waals surface area contributed by atoms with Crippen molar-refractivity contribution in [3.8, 4) is 0 Å². The lowest BCUT2D eigenvalue weighted by Gasteiger charge is -2.38. The zero-order chi connectivity index (χ0) is 18.9. The number of nitrogens with zero attached hydrogens (tertiary/aromatic N) is 3. The van der Waals surface area contributed by atoms with Crippen molar-refractivity contribution < 1.29 is 22.7 Å². The summed E-state index contributed by atoms with van der Waals surface area (Å²) in [5.41, 5.74) is 0.0216. The van der Waals surface area contributed by atoms with Gasteiger partial charge in [-0.3, -0.25) is 9.99 Å². The summed E-state index contributed by atoms with van der Waals surface area (Å²) in [5.74, 6) is -6.29. The second-order valence-electron chi connectivity index (χ2n) is 5.52. The van der Waals surface area contributed by atoms with Crippen molar-refractivity contribution in [2.45, 2.75) is 11.5 Å². The smallest absolute Gasteiger partial charge is 0.323 e. The van der Waals surface area contributed by atoms with Gasteiger partial charge in [0.05, 0.1) is 6.54 Å². The third-order valence-electron chi connectivity index (χ3n) is 3.80. The van der Waals surface area contributed by atoms with E-state index >= 15 is 8.78 Å². The molecule has 2 heterocycles. The van der Waals surface area contributed by atoms with Crippen molar-refractivity contribution in [2.75, 3.05) is 6.54 Å². The number of alkyl halides is 2. The molecule has 0 spiro atoms. The molecule has 1 aromatic carbocycles. The first-order chi connectivity index (χ1) is 12.2. The lowest BCUT2D eigenvalue weighted by Crippen LogP contribution is -2.54. The number of pyridine rings is 1. The summed E-state index contributed by atoms with van der Waals surface area (Å²) in [4.78, 5) is 3.62. The van der Waals surface area contributed by atoms with Crippen molar-refractivity contribution in [3.63, 3.8) is 0 Å². The zero-order valence-corrected chi connectivity index (χ0v) is 14.5. The minimum absolute atomic E-state index is 0.426. The van der Waals surface area contributed by atoms with E-state index < -0.39 is 41.0 Å².